The molecule has 0 fully saturated rings. The van der Waals surface area contributed by atoms with E-state index in [1.807, 2.05) is 43.3 Å². The molecule has 1 aromatic heterocycles. The molecule has 0 saturated heterocycles. The van der Waals surface area contributed by atoms with E-state index in [9.17, 15) is 0 Å². The fraction of sp³-hybridized carbons (Fsp3) is 0.235. The van der Waals surface area contributed by atoms with Gasteiger partial charge in [-0.15, -0.1) is 11.6 Å². The van der Waals surface area contributed by atoms with Gasteiger partial charge in [0.25, 0.3) is 0 Å². The van der Waals surface area contributed by atoms with Crippen LogP contribution in [0.15, 0.2) is 42.6 Å². The Hall–Kier alpha value is -1.98. The third kappa shape index (κ3) is 4.29. The summed E-state index contributed by atoms with van der Waals surface area (Å²) in [6.07, 6.45) is 2.43. The molecule has 0 saturated carbocycles. The van der Waals surface area contributed by atoms with Gasteiger partial charge in [0.2, 0.25) is 0 Å². The molecule has 20 heavy (non-hydrogen) atoms. The molecular weight excluding hydrogens is 270 g/mol. The van der Waals surface area contributed by atoms with Crippen molar-refractivity contribution >= 4 is 11.6 Å². The number of ether oxygens (including phenoxy) is 1. The number of pyridine rings is 1. The standard InChI is InChI=1S/C17H16ClNO/c1-14-8-9-17(15(12-14)6-2-4-10-18)20-13-16-7-3-5-11-19-16/h3,5,7-9,11-12H,4,10,13H2,1H3. The van der Waals surface area contributed by atoms with Gasteiger partial charge in [-0.1, -0.05) is 24.0 Å². The molecule has 2 rings (SSSR count). The van der Waals surface area contributed by atoms with Crippen molar-refractivity contribution in [3.63, 3.8) is 0 Å². The van der Waals surface area contributed by atoms with Gasteiger partial charge in [-0.25, -0.2) is 0 Å². The SMILES string of the molecule is Cc1ccc(OCc2ccccn2)c(C#CCCCl)c1. The van der Waals surface area contributed by atoms with Crippen molar-refractivity contribution in [1.29, 1.82) is 0 Å². The minimum atomic E-state index is 0.439. The zero-order valence-corrected chi connectivity index (χ0v) is 12.2. The second kappa shape index (κ2) is 7.57. The highest BCUT2D eigenvalue weighted by Gasteiger charge is 2.03. The van der Waals surface area contributed by atoms with Crippen LogP contribution in [0.1, 0.15) is 23.2 Å². The molecule has 102 valence electrons. The van der Waals surface area contributed by atoms with Crippen molar-refractivity contribution in [3.8, 4) is 17.6 Å². The van der Waals surface area contributed by atoms with Crippen LogP contribution in [0.3, 0.4) is 0 Å². The molecule has 0 N–H and O–H groups in total. The predicted molar refractivity (Wildman–Crippen MR) is 82.0 cm³/mol. The molecule has 0 amide bonds. The van der Waals surface area contributed by atoms with Crippen LogP contribution < -0.4 is 4.74 Å². The number of rotatable bonds is 4. The number of hydrogen-bond acceptors (Lipinski definition) is 2. The Morgan fingerprint density at radius 3 is 2.90 bits per heavy atom. The number of halogens is 1. The van der Waals surface area contributed by atoms with Gasteiger partial charge in [0.1, 0.15) is 12.4 Å². The van der Waals surface area contributed by atoms with Crippen LogP contribution in [-0.2, 0) is 6.61 Å². The van der Waals surface area contributed by atoms with E-state index in [0.717, 1.165) is 22.6 Å². The summed E-state index contributed by atoms with van der Waals surface area (Å²) in [5, 5.41) is 0. The van der Waals surface area contributed by atoms with Crippen LogP contribution >= 0.6 is 11.6 Å². The molecule has 0 unspecified atom stereocenters. The number of benzene rings is 1. The van der Waals surface area contributed by atoms with E-state index in [4.69, 9.17) is 16.3 Å². The summed E-state index contributed by atoms with van der Waals surface area (Å²) >= 11 is 5.64. The van der Waals surface area contributed by atoms with E-state index >= 15 is 0 Å². The largest absolute Gasteiger partial charge is 0.486 e. The molecule has 2 aromatic rings. The van der Waals surface area contributed by atoms with E-state index in [1.165, 1.54) is 0 Å². The molecular formula is C17H16ClNO. The van der Waals surface area contributed by atoms with Gasteiger partial charge in [0.05, 0.1) is 11.3 Å². The fourth-order valence-electron chi connectivity index (χ4n) is 1.71. The average molecular weight is 286 g/mol. The molecule has 0 aliphatic carbocycles. The quantitative estimate of drug-likeness (QED) is 0.627. The molecule has 0 atom stereocenters. The third-order valence-corrected chi connectivity index (χ3v) is 2.87. The minimum absolute atomic E-state index is 0.439. The Labute approximate surface area is 124 Å². The normalized spacial score (nSPS) is 9.70. The molecule has 1 heterocycles. The number of aryl methyl sites for hydroxylation is 1. The van der Waals surface area contributed by atoms with E-state index in [2.05, 4.69) is 16.8 Å². The summed E-state index contributed by atoms with van der Waals surface area (Å²) in [7, 11) is 0. The maximum atomic E-state index is 5.81. The summed E-state index contributed by atoms with van der Waals surface area (Å²) in [4.78, 5) is 4.24. The van der Waals surface area contributed by atoms with Crippen LogP contribution in [0.5, 0.6) is 5.75 Å². The Balaban J connectivity index is 2.13. The third-order valence-electron chi connectivity index (χ3n) is 2.68. The van der Waals surface area contributed by atoms with Gasteiger partial charge in [-0.05, 0) is 36.8 Å². The lowest BCUT2D eigenvalue weighted by Crippen LogP contribution is -1.99. The Morgan fingerprint density at radius 2 is 2.15 bits per heavy atom. The molecule has 0 aliphatic heterocycles. The van der Waals surface area contributed by atoms with Crippen molar-refractivity contribution in [2.24, 2.45) is 0 Å². The number of hydrogen-bond donors (Lipinski definition) is 0. The summed E-state index contributed by atoms with van der Waals surface area (Å²) < 4.78 is 5.81. The van der Waals surface area contributed by atoms with Crippen LogP contribution in [0, 0.1) is 18.8 Å². The monoisotopic (exact) mass is 285 g/mol. The van der Waals surface area contributed by atoms with Crippen LogP contribution in [0.4, 0.5) is 0 Å². The molecule has 0 bridgehead atoms. The minimum Gasteiger partial charge on any atom is -0.486 e. The van der Waals surface area contributed by atoms with E-state index < -0.39 is 0 Å². The zero-order chi connectivity index (χ0) is 14.2. The lowest BCUT2D eigenvalue weighted by atomic mass is 10.1. The highest BCUT2D eigenvalue weighted by atomic mass is 35.5. The van der Waals surface area contributed by atoms with Crippen LogP contribution in [0.2, 0.25) is 0 Å². The van der Waals surface area contributed by atoms with E-state index in [0.29, 0.717) is 18.9 Å². The first-order chi connectivity index (χ1) is 9.79. The summed E-state index contributed by atoms with van der Waals surface area (Å²) in [5.41, 5.74) is 2.95. The molecule has 1 aromatic carbocycles. The Kier molecular flexibility index (Phi) is 5.46. The number of aromatic nitrogens is 1. The predicted octanol–water partition coefficient (Wildman–Crippen LogP) is 3.95. The first kappa shape index (κ1) is 14.4. The van der Waals surface area contributed by atoms with Gasteiger partial charge in [0, 0.05) is 18.5 Å². The Bertz CT molecular complexity index is 614. The van der Waals surface area contributed by atoms with Gasteiger partial charge < -0.3 is 4.74 Å². The van der Waals surface area contributed by atoms with Crippen LogP contribution in [0.25, 0.3) is 0 Å². The Morgan fingerprint density at radius 1 is 1.25 bits per heavy atom. The first-order valence-corrected chi connectivity index (χ1v) is 7.01. The average Bonchev–Trinajstić information content (AvgIpc) is 2.48. The first-order valence-electron chi connectivity index (χ1n) is 6.48. The highest BCUT2D eigenvalue weighted by Crippen LogP contribution is 2.20. The molecule has 0 aliphatic rings. The molecule has 2 nitrogen and oxygen atoms in total. The highest BCUT2D eigenvalue weighted by molar-refractivity contribution is 6.18. The van der Waals surface area contributed by atoms with Gasteiger partial charge in [-0.2, -0.15) is 0 Å². The van der Waals surface area contributed by atoms with Crippen molar-refractivity contribution in [2.75, 3.05) is 5.88 Å². The van der Waals surface area contributed by atoms with Gasteiger partial charge in [0.15, 0.2) is 0 Å². The zero-order valence-electron chi connectivity index (χ0n) is 11.4. The van der Waals surface area contributed by atoms with Gasteiger partial charge >= 0.3 is 0 Å². The number of alkyl halides is 1. The smallest absolute Gasteiger partial charge is 0.135 e. The van der Waals surface area contributed by atoms with E-state index in [-0.39, 0.29) is 0 Å². The molecule has 3 heteroatoms. The summed E-state index contributed by atoms with van der Waals surface area (Å²) in [6, 6.07) is 11.8. The van der Waals surface area contributed by atoms with Crippen LogP contribution in [-0.4, -0.2) is 10.9 Å². The second-order valence-electron chi connectivity index (χ2n) is 4.35. The summed E-state index contributed by atoms with van der Waals surface area (Å²) in [5.74, 6) is 7.48. The topological polar surface area (TPSA) is 22.1 Å². The van der Waals surface area contributed by atoms with Crippen molar-refractivity contribution in [3.05, 3.63) is 59.4 Å². The lowest BCUT2D eigenvalue weighted by molar-refractivity contribution is 0.300. The van der Waals surface area contributed by atoms with Crippen molar-refractivity contribution in [1.82, 2.24) is 4.98 Å². The maximum absolute atomic E-state index is 5.81. The molecule has 0 radical (unpaired) electrons. The fourth-order valence-corrected chi connectivity index (χ4v) is 1.80. The molecule has 0 spiro atoms. The van der Waals surface area contributed by atoms with E-state index in [1.54, 1.807) is 6.20 Å². The lowest BCUT2D eigenvalue weighted by Gasteiger charge is -2.08. The second-order valence-corrected chi connectivity index (χ2v) is 4.73. The number of nitrogens with zero attached hydrogens (tertiary/aromatic N) is 1. The van der Waals surface area contributed by atoms with Crippen molar-refractivity contribution in [2.45, 2.75) is 20.0 Å². The van der Waals surface area contributed by atoms with Crippen molar-refractivity contribution < 1.29 is 4.74 Å². The van der Waals surface area contributed by atoms with Gasteiger partial charge in [-0.3, -0.25) is 4.98 Å². The summed E-state index contributed by atoms with van der Waals surface area (Å²) in [6.45, 7) is 2.48. The maximum Gasteiger partial charge on any atom is 0.135 e.